The predicted molar refractivity (Wildman–Crippen MR) is 60.8 cm³/mol. The molecule has 1 rings (SSSR count). The Hall–Kier alpha value is -2.04. The maximum absolute atomic E-state index is 11.2. The first-order valence-corrected chi connectivity index (χ1v) is 4.96. The Kier molecular flexibility index (Phi) is 4.85. The fraction of sp³-hybridized carbons (Fsp3) is 0.273. The number of benzene rings is 1. The summed E-state index contributed by atoms with van der Waals surface area (Å²) < 4.78 is 5.02. The number of carbonyl (C=O) groups excluding carboxylic acids is 1. The zero-order chi connectivity index (χ0) is 11.8. The van der Waals surface area contributed by atoms with Gasteiger partial charge in [-0.15, -0.1) is 0 Å². The van der Waals surface area contributed by atoms with E-state index in [1.54, 1.807) is 0 Å². The lowest BCUT2D eigenvalue weighted by Crippen LogP contribution is -2.32. The molecule has 0 bridgehead atoms. The highest BCUT2D eigenvalue weighted by molar-refractivity contribution is 5.75. The fourth-order valence-corrected chi connectivity index (χ4v) is 1.11. The van der Waals surface area contributed by atoms with E-state index in [-0.39, 0.29) is 25.0 Å². The molecule has 0 heterocycles. The van der Waals surface area contributed by atoms with Crippen LogP contribution in [0.15, 0.2) is 30.3 Å². The molecule has 0 atom stereocenters. The average Bonchev–Trinajstić information content (AvgIpc) is 2.27. The van der Waals surface area contributed by atoms with Crippen LogP contribution in [0.4, 0.5) is 0 Å². The van der Waals surface area contributed by atoms with Crippen molar-refractivity contribution in [2.24, 2.45) is 5.73 Å². The molecule has 0 aliphatic heterocycles. The highest BCUT2D eigenvalue weighted by Gasteiger charge is 2.02. The monoisotopic (exact) mass is 221 g/mol. The van der Waals surface area contributed by atoms with Crippen molar-refractivity contribution in [2.45, 2.75) is 13.0 Å². The molecule has 0 unspecified atom stereocenters. The minimum Gasteiger partial charge on any atom is -0.461 e. The van der Waals surface area contributed by atoms with Crippen LogP contribution in [0.3, 0.4) is 0 Å². The summed E-state index contributed by atoms with van der Waals surface area (Å²) in [4.78, 5) is 11.2. The number of nitrogens with one attached hydrogen (secondary N) is 2. The second-order valence-corrected chi connectivity index (χ2v) is 3.24. The van der Waals surface area contributed by atoms with Crippen LogP contribution < -0.4 is 11.1 Å². The normalized spacial score (nSPS) is 9.50. The van der Waals surface area contributed by atoms with Gasteiger partial charge in [0.05, 0.1) is 6.42 Å². The smallest absolute Gasteiger partial charge is 0.307 e. The minimum atomic E-state index is -0.308. The second kappa shape index (κ2) is 6.44. The molecule has 0 aromatic heterocycles. The first-order chi connectivity index (χ1) is 7.68. The second-order valence-electron chi connectivity index (χ2n) is 3.24. The van der Waals surface area contributed by atoms with E-state index in [9.17, 15) is 4.79 Å². The van der Waals surface area contributed by atoms with Crippen LogP contribution in [0.1, 0.15) is 12.0 Å². The third kappa shape index (κ3) is 4.99. The van der Waals surface area contributed by atoms with Crippen molar-refractivity contribution < 1.29 is 9.53 Å². The van der Waals surface area contributed by atoms with E-state index in [4.69, 9.17) is 15.9 Å². The van der Waals surface area contributed by atoms with Crippen LogP contribution in [-0.2, 0) is 16.1 Å². The number of carbonyl (C=O) groups is 1. The predicted octanol–water partition coefficient (Wildman–Crippen LogP) is 0.603. The third-order valence-corrected chi connectivity index (χ3v) is 1.89. The molecular weight excluding hydrogens is 206 g/mol. The van der Waals surface area contributed by atoms with Gasteiger partial charge in [-0.2, -0.15) is 0 Å². The molecule has 4 N–H and O–H groups in total. The fourth-order valence-electron chi connectivity index (χ4n) is 1.11. The molecule has 0 radical (unpaired) electrons. The molecule has 16 heavy (non-hydrogen) atoms. The van der Waals surface area contributed by atoms with Crippen LogP contribution in [0.2, 0.25) is 0 Å². The molecule has 1 aromatic rings. The maximum atomic E-state index is 11.2. The van der Waals surface area contributed by atoms with Gasteiger partial charge in [0.15, 0.2) is 5.96 Å². The largest absolute Gasteiger partial charge is 0.461 e. The summed E-state index contributed by atoms with van der Waals surface area (Å²) >= 11 is 0. The van der Waals surface area contributed by atoms with Crippen molar-refractivity contribution in [1.82, 2.24) is 5.32 Å². The summed E-state index contributed by atoms with van der Waals surface area (Å²) in [6.45, 7) is 0.600. The number of esters is 1. The van der Waals surface area contributed by atoms with E-state index < -0.39 is 0 Å². The lowest BCUT2D eigenvalue weighted by atomic mass is 10.2. The van der Waals surface area contributed by atoms with Crippen molar-refractivity contribution in [3.05, 3.63) is 35.9 Å². The Morgan fingerprint density at radius 3 is 2.69 bits per heavy atom. The van der Waals surface area contributed by atoms with E-state index in [0.29, 0.717) is 6.54 Å². The standard InChI is InChI=1S/C11H15N3O2/c12-11(13)14-7-6-10(15)16-8-9-4-2-1-3-5-9/h1-5H,6-8H2,(H4,12,13,14). The van der Waals surface area contributed by atoms with Crippen LogP contribution in [0.5, 0.6) is 0 Å². The van der Waals surface area contributed by atoms with E-state index in [2.05, 4.69) is 5.32 Å². The van der Waals surface area contributed by atoms with Crippen LogP contribution in [-0.4, -0.2) is 18.5 Å². The van der Waals surface area contributed by atoms with Crippen LogP contribution in [0, 0.1) is 5.41 Å². The van der Waals surface area contributed by atoms with Gasteiger partial charge in [0.25, 0.3) is 0 Å². The van der Waals surface area contributed by atoms with Gasteiger partial charge in [0.2, 0.25) is 0 Å². The number of rotatable bonds is 5. The van der Waals surface area contributed by atoms with E-state index in [1.165, 1.54) is 0 Å². The molecule has 0 amide bonds. The van der Waals surface area contributed by atoms with Crippen molar-refractivity contribution >= 4 is 11.9 Å². The number of guanidine groups is 1. The van der Waals surface area contributed by atoms with Gasteiger partial charge < -0.3 is 15.8 Å². The van der Waals surface area contributed by atoms with E-state index >= 15 is 0 Å². The highest BCUT2D eigenvalue weighted by atomic mass is 16.5. The van der Waals surface area contributed by atoms with E-state index in [0.717, 1.165) is 5.56 Å². The molecule has 0 aliphatic rings. The summed E-state index contributed by atoms with van der Waals surface area (Å²) in [5, 5.41) is 9.42. The molecular formula is C11H15N3O2. The molecule has 0 spiro atoms. The van der Waals surface area contributed by atoms with Crippen LogP contribution >= 0.6 is 0 Å². The molecule has 1 aromatic carbocycles. The first-order valence-electron chi connectivity index (χ1n) is 4.96. The summed E-state index contributed by atoms with van der Waals surface area (Å²) in [5.74, 6) is -0.450. The molecule has 86 valence electrons. The molecule has 5 nitrogen and oxygen atoms in total. The summed E-state index contributed by atoms with van der Waals surface area (Å²) in [6.07, 6.45) is 0.201. The first kappa shape index (κ1) is 12.0. The molecule has 0 aliphatic carbocycles. The Morgan fingerprint density at radius 2 is 2.06 bits per heavy atom. The van der Waals surface area contributed by atoms with Gasteiger partial charge in [0.1, 0.15) is 6.61 Å². The van der Waals surface area contributed by atoms with Gasteiger partial charge in [-0.3, -0.25) is 10.2 Å². The number of nitrogens with two attached hydrogens (primary N) is 1. The number of hydrogen-bond donors (Lipinski definition) is 3. The maximum Gasteiger partial charge on any atom is 0.307 e. The summed E-state index contributed by atoms with van der Waals surface area (Å²) in [7, 11) is 0. The number of hydrogen-bond acceptors (Lipinski definition) is 3. The Balaban J connectivity index is 2.18. The van der Waals surface area contributed by atoms with Crippen LogP contribution in [0.25, 0.3) is 0 Å². The highest BCUT2D eigenvalue weighted by Crippen LogP contribution is 2.01. The zero-order valence-electron chi connectivity index (χ0n) is 8.90. The van der Waals surface area contributed by atoms with Gasteiger partial charge in [-0.1, -0.05) is 30.3 Å². The van der Waals surface area contributed by atoms with Gasteiger partial charge >= 0.3 is 5.97 Å². The van der Waals surface area contributed by atoms with E-state index in [1.807, 2.05) is 30.3 Å². The van der Waals surface area contributed by atoms with Gasteiger partial charge in [0, 0.05) is 6.54 Å². The Bertz CT molecular complexity index is 352. The van der Waals surface area contributed by atoms with Gasteiger partial charge in [-0.25, -0.2) is 0 Å². The molecule has 0 saturated heterocycles. The summed E-state index contributed by atoms with van der Waals surface area (Å²) in [6, 6.07) is 9.46. The van der Waals surface area contributed by atoms with Crippen molar-refractivity contribution in [2.75, 3.05) is 6.54 Å². The van der Waals surface area contributed by atoms with Crippen molar-refractivity contribution in [3.8, 4) is 0 Å². The van der Waals surface area contributed by atoms with Crippen molar-refractivity contribution in [3.63, 3.8) is 0 Å². The minimum absolute atomic E-state index is 0.143. The zero-order valence-corrected chi connectivity index (χ0v) is 8.90. The Labute approximate surface area is 94.1 Å². The third-order valence-electron chi connectivity index (χ3n) is 1.89. The SMILES string of the molecule is N=C(N)NCCC(=O)OCc1ccccc1. The molecule has 5 heteroatoms. The van der Waals surface area contributed by atoms with Crippen molar-refractivity contribution in [1.29, 1.82) is 5.41 Å². The van der Waals surface area contributed by atoms with Gasteiger partial charge in [-0.05, 0) is 5.56 Å². The Morgan fingerprint density at radius 1 is 1.38 bits per heavy atom. The average molecular weight is 221 g/mol. The molecule has 0 fully saturated rings. The molecule has 0 saturated carbocycles. The number of ether oxygens (including phenoxy) is 1. The lowest BCUT2D eigenvalue weighted by molar-refractivity contribution is -0.144. The summed E-state index contributed by atoms with van der Waals surface area (Å²) in [5.41, 5.74) is 6.02. The topological polar surface area (TPSA) is 88.2 Å². The lowest BCUT2D eigenvalue weighted by Gasteiger charge is -2.05. The quantitative estimate of drug-likeness (QED) is 0.386.